The van der Waals surface area contributed by atoms with Crippen LogP contribution in [0.1, 0.15) is 187 Å². The van der Waals surface area contributed by atoms with Crippen molar-refractivity contribution >= 4 is 11.9 Å². The summed E-state index contributed by atoms with van der Waals surface area (Å²) in [5, 5.41) is 9.32. The number of esters is 1. The van der Waals surface area contributed by atoms with Gasteiger partial charge in [0.1, 0.15) is 6.61 Å². The second kappa shape index (κ2) is 32.9. The standard InChI is InChI=1S/C37H68O4/c1-3-5-6-7-8-9-10-11-12-13-14-15-16-17-18-19-20-21-22-23-24-25-26-27-28-29-30-31-32-35(37(39)40)34-36(38)41-33-4-2/h4,22-23,35H,2-3,5-21,24-34H2,1H3,(H,39,40)/b23-22+. The average molecular weight is 577 g/mol. The molecule has 0 amide bonds. The molecule has 0 aromatic heterocycles. The first kappa shape index (κ1) is 39.4. The van der Waals surface area contributed by atoms with Gasteiger partial charge in [0.05, 0.1) is 12.3 Å². The first-order valence-electron chi connectivity index (χ1n) is 17.8. The maximum Gasteiger partial charge on any atom is 0.307 e. The Morgan fingerprint density at radius 3 is 1.34 bits per heavy atom. The van der Waals surface area contributed by atoms with Gasteiger partial charge in [0.25, 0.3) is 0 Å². The van der Waals surface area contributed by atoms with E-state index in [0.717, 1.165) is 19.3 Å². The molecule has 0 heterocycles. The number of hydrogen-bond donors (Lipinski definition) is 1. The number of carbonyl (C=O) groups is 2. The van der Waals surface area contributed by atoms with Gasteiger partial charge in [-0.15, -0.1) is 0 Å². The number of ether oxygens (including phenoxy) is 1. The lowest BCUT2D eigenvalue weighted by Gasteiger charge is -2.11. The van der Waals surface area contributed by atoms with Crippen LogP contribution in [0.3, 0.4) is 0 Å². The first-order valence-corrected chi connectivity index (χ1v) is 17.8. The second-order valence-electron chi connectivity index (χ2n) is 12.2. The number of carboxylic acids is 1. The van der Waals surface area contributed by atoms with Gasteiger partial charge in [0.2, 0.25) is 0 Å². The number of rotatable bonds is 33. The van der Waals surface area contributed by atoms with E-state index in [9.17, 15) is 14.7 Å². The highest BCUT2D eigenvalue weighted by molar-refractivity contribution is 5.78. The van der Waals surface area contributed by atoms with Crippen molar-refractivity contribution in [2.45, 2.75) is 187 Å². The molecule has 0 bridgehead atoms. The number of carboxylic acid groups (broad SMARTS) is 1. The minimum absolute atomic E-state index is 0.0454. The SMILES string of the molecule is C=CCOC(=O)CC(CCCCCCCCC/C=C/CCCCCCCCCCCCCCCCCCC)C(=O)O. The zero-order valence-electron chi connectivity index (χ0n) is 27.2. The zero-order chi connectivity index (χ0) is 30.1. The highest BCUT2D eigenvalue weighted by atomic mass is 16.5. The van der Waals surface area contributed by atoms with Gasteiger partial charge >= 0.3 is 11.9 Å². The van der Waals surface area contributed by atoms with E-state index >= 15 is 0 Å². The molecule has 4 heteroatoms. The summed E-state index contributed by atoms with van der Waals surface area (Å²) in [7, 11) is 0. The summed E-state index contributed by atoms with van der Waals surface area (Å²) in [5.41, 5.74) is 0. The van der Waals surface area contributed by atoms with Crippen molar-refractivity contribution in [2.75, 3.05) is 6.61 Å². The van der Waals surface area contributed by atoms with Crippen molar-refractivity contribution in [3.8, 4) is 0 Å². The maximum atomic E-state index is 11.6. The molecular formula is C37H68O4. The van der Waals surface area contributed by atoms with Gasteiger partial charge in [0, 0.05) is 0 Å². The lowest BCUT2D eigenvalue weighted by atomic mass is 9.97. The van der Waals surface area contributed by atoms with Gasteiger partial charge in [-0.25, -0.2) is 0 Å². The molecule has 1 N–H and O–H groups in total. The summed E-state index contributed by atoms with van der Waals surface area (Å²) < 4.78 is 4.91. The van der Waals surface area contributed by atoms with Crippen molar-refractivity contribution < 1.29 is 19.4 Å². The summed E-state index contributed by atoms with van der Waals surface area (Å²) in [6, 6.07) is 0. The monoisotopic (exact) mass is 577 g/mol. The highest BCUT2D eigenvalue weighted by Gasteiger charge is 2.21. The van der Waals surface area contributed by atoms with Crippen molar-refractivity contribution in [3.05, 3.63) is 24.8 Å². The Morgan fingerprint density at radius 1 is 0.610 bits per heavy atom. The number of hydrogen-bond acceptors (Lipinski definition) is 3. The van der Waals surface area contributed by atoms with Crippen LogP contribution in [0.15, 0.2) is 24.8 Å². The fourth-order valence-corrected chi connectivity index (χ4v) is 5.48. The molecule has 0 aromatic carbocycles. The Balaban J connectivity index is 3.32. The summed E-state index contributed by atoms with van der Waals surface area (Å²) in [6.07, 6.45) is 41.5. The predicted molar refractivity (Wildman–Crippen MR) is 176 cm³/mol. The number of allylic oxidation sites excluding steroid dienone is 2. The van der Waals surface area contributed by atoms with E-state index in [-0.39, 0.29) is 13.0 Å². The van der Waals surface area contributed by atoms with Crippen LogP contribution in [0.5, 0.6) is 0 Å². The van der Waals surface area contributed by atoms with Crippen LogP contribution in [0, 0.1) is 5.92 Å². The molecule has 41 heavy (non-hydrogen) atoms. The quantitative estimate of drug-likeness (QED) is 0.0479. The van der Waals surface area contributed by atoms with Crippen LogP contribution in [-0.2, 0) is 14.3 Å². The summed E-state index contributed by atoms with van der Waals surface area (Å²) in [6.45, 7) is 5.92. The lowest BCUT2D eigenvalue weighted by molar-refractivity contribution is -0.151. The molecule has 1 atom stereocenters. The van der Waals surface area contributed by atoms with E-state index in [1.165, 1.54) is 154 Å². The molecule has 0 saturated heterocycles. The molecule has 0 saturated carbocycles. The molecule has 0 aliphatic rings. The summed E-state index contributed by atoms with van der Waals surface area (Å²) in [5.74, 6) is -1.99. The number of carbonyl (C=O) groups excluding carboxylic acids is 1. The zero-order valence-corrected chi connectivity index (χ0v) is 27.2. The highest BCUT2D eigenvalue weighted by Crippen LogP contribution is 2.18. The van der Waals surface area contributed by atoms with Crippen molar-refractivity contribution in [2.24, 2.45) is 5.92 Å². The van der Waals surface area contributed by atoms with Gasteiger partial charge in [-0.3, -0.25) is 9.59 Å². The summed E-state index contributed by atoms with van der Waals surface area (Å²) in [4.78, 5) is 23.0. The molecule has 0 rings (SSSR count). The Kier molecular flexibility index (Phi) is 31.7. The molecule has 4 nitrogen and oxygen atoms in total. The molecule has 0 aliphatic carbocycles. The van der Waals surface area contributed by atoms with E-state index in [4.69, 9.17) is 4.74 Å². The molecule has 0 fully saturated rings. The first-order chi connectivity index (χ1) is 20.1. The maximum absolute atomic E-state index is 11.6. The van der Waals surface area contributed by atoms with Gasteiger partial charge < -0.3 is 9.84 Å². The van der Waals surface area contributed by atoms with Gasteiger partial charge in [-0.05, 0) is 32.1 Å². The van der Waals surface area contributed by atoms with Crippen LogP contribution in [-0.4, -0.2) is 23.7 Å². The van der Waals surface area contributed by atoms with Gasteiger partial charge in [-0.2, -0.15) is 0 Å². The fraction of sp³-hybridized carbons (Fsp3) is 0.838. The van der Waals surface area contributed by atoms with E-state index < -0.39 is 17.9 Å². The third-order valence-electron chi connectivity index (χ3n) is 8.19. The van der Waals surface area contributed by atoms with Crippen molar-refractivity contribution in [3.63, 3.8) is 0 Å². The van der Waals surface area contributed by atoms with E-state index in [1.807, 2.05) is 0 Å². The minimum atomic E-state index is -0.904. The molecule has 1 unspecified atom stereocenters. The van der Waals surface area contributed by atoms with Gasteiger partial charge in [-0.1, -0.05) is 173 Å². The largest absolute Gasteiger partial charge is 0.481 e. The van der Waals surface area contributed by atoms with E-state index in [2.05, 4.69) is 25.7 Å². The smallest absolute Gasteiger partial charge is 0.307 e. The molecule has 0 radical (unpaired) electrons. The average Bonchev–Trinajstić information content (AvgIpc) is 2.96. The predicted octanol–water partition coefficient (Wildman–Crippen LogP) is 11.9. The lowest BCUT2D eigenvalue weighted by Crippen LogP contribution is -2.19. The Morgan fingerprint density at radius 2 is 0.976 bits per heavy atom. The molecular weight excluding hydrogens is 508 g/mol. The van der Waals surface area contributed by atoms with Gasteiger partial charge in [0.15, 0.2) is 0 Å². The Labute approximate surface area is 255 Å². The molecule has 240 valence electrons. The Bertz CT molecular complexity index is 612. The topological polar surface area (TPSA) is 63.6 Å². The van der Waals surface area contributed by atoms with Crippen molar-refractivity contribution in [1.29, 1.82) is 0 Å². The van der Waals surface area contributed by atoms with Crippen LogP contribution < -0.4 is 0 Å². The Hall–Kier alpha value is -1.58. The second-order valence-corrected chi connectivity index (χ2v) is 12.2. The van der Waals surface area contributed by atoms with E-state index in [1.54, 1.807) is 0 Å². The van der Waals surface area contributed by atoms with Crippen LogP contribution in [0.2, 0.25) is 0 Å². The minimum Gasteiger partial charge on any atom is -0.481 e. The number of unbranched alkanes of at least 4 members (excludes halogenated alkanes) is 24. The van der Waals surface area contributed by atoms with Crippen LogP contribution >= 0.6 is 0 Å². The third-order valence-corrected chi connectivity index (χ3v) is 8.19. The number of aliphatic carboxylic acids is 1. The fourth-order valence-electron chi connectivity index (χ4n) is 5.48. The third kappa shape index (κ3) is 31.2. The summed E-state index contributed by atoms with van der Waals surface area (Å²) >= 11 is 0. The van der Waals surface area contributed by atoms with Crippen LogP contribution in [0.4, 0.5) is 0 Å². The van der Waals surface area contributed by atoms with E-state index in [0.29, 0.717) is 6.42 Å². The molecule has 0 spiro atoms. The normalized spacial score (nSPS) is 12.1. The molecule has 0 aromatic rings. The molecule has 0 aliphatic heterocycles. The van der Waals surface area contributed by atoms with Crippen molar-refractivity contribution in [1.82, 2.24) is 0 Å². The van der Waals surface area contributed by atoms with Crippen LogP contribution in [0.25, 0.3) is 0 Å².